The first-order chi connectivity index (χ1) is 10.1. The van der Waals surface area contributed by atoms with E-state index in [9.17, 15) is 0 Å². The van der Waals surface area contributed by atoms with Gasteiger partial charge in [-0.2, -0.15) is 0 Å². The van der Waals surface area contributed by atoms with E-state index in [-0.39, 0.29) is 6.10 Å². The summed E-state index contributed by atoms with van der Waals surface area (Å²) in [5.74, 6) is 1.64. The number of rotatable bonds is 7. The largest absolute Gasteiger partial charge is 0.487 e. The minimum absolute atomic E-state index is 0.148. The van der Waals surface area contributed by atoms with Crippen molar-refractivity contribution in [3.05, 3.63) is 54.2 Å². The number of benzene rings is 1. The van der Waals surface area contributed by atoms with Gasteiger partial charge < -0.3 is 10.1 Å². The summed E-state index contributed by atoms with van der Waals surface area (Å²) in [4.78, 5) is 4.39. The van der Waals surface area contributed by atoms with Crippen molar-refractivity contribution in [2.24, 2.45) is 0 Å². The summed E-state index contributed by atoms with van der Waals surface area (Å²) >= 11 is 0. The first-order valence-electron chi connectivity index (χ1n) is 7.57. The van der Waals surface area contributed by atoms with Gasteiger partial charge in [0, 0.05) is 12.2 Å². The Hall–Kier alpha value is -2.03. The van der Waals surface area contributed by atoms with Gasteiger partial charge in [-0.1, -0.05) is 30.3 Å². The summed E-state index contributed by atoms with van der Waals surface area (Å²) in [7, 11) is 0. The topological polar surface area (TPSA) is 34.2 Å². The molecule has 2 aromatic rings. The average Bonchev–Trinajstić information content (AvgIpc) is 2.48. The van der Waals surface area contributed by atoms with Crippen molar-refractivity contribution >= 4 is 5.82 Å². The van der Waals surface area contributed by atoms with E-state index in [1.165, 1.54) is 5.56 Å². The lowest BCUT2D eigenvalue weighted by atomic mass is 10.1. The van der Waals surface area contributed by atoms with Gasteiger partial charge in [-0.15, -0.1) is 0 Å². The summed E-state index contributed by atoms with van der Waals surface area (Å²) in [6, 6.07) is 14.8. The Bertz CT molecular complexity index is 540. The Kier molecular flexibility index (Phi) is 5.61. The number of nitrogens with zero attached hydrogens (tertiary/aromatic N) is 1. The minimum atomic E-state index is 0.148. The second-order valence-electron chi connectivity index (χ2n) is 5.59. The highest BCUT2D eigenvalue weighted by molar-refractivity contribution is 5.50. The number of hydrogen-bond donors (Lipinski definition) is 1. The summed E-state index contributed by atoms with van der Waals surface area (Å²) in [5, 5.41) is 3.45. The molecule has 1 N–H and O–H groups in total. The van der Waals surface area contributed by atoms with Crippen LogP contribution in [0.5, 0.6) is 5.75 Å². The van der Waals surface area contributed by atoms with Gasteiger partial charge in [0.2, 0.25) is 0 Å². The molecular formula is C18H24N2O. The average molecular weight is 284 g/mol. The quantitative estimate of drug-likeness (QED) is 0.823. The minimum Gasteiger partial charge on any atom is -0.487 e. The van der Waals surface area contributed by atoms with Gasteiger partial charge >= 0.3 is 0 Å². The van der Waals surface area contributed by atoms with Gasteiger partial charge in [-0.05, 0) is 51.3 Å². The van der Waals surface area contributed by atoms with Crippen LogP contribution in [0.1, 0.15) is 32.8 Å². The molecule has 0 aliphatic rings. The van der Waals surface area contributed by atoms with Crippen LogP contribution in [0.25, 0.3) is 0 Å². The second kappa shape index (κ2) is 7.67. The monoisotopic (exact) mass is 284 g/mol. The molecule has 0 saturated heterocycles. The summed E-state index contributed by atoms with van der Waals surface area (Å²) in [5.41, 5.74) is 1.37. The van der Waals surface area contributed by atoms with Crippen LogP contribution in [0, 0.1) is 0 Å². The number of hydrogen-bond acceptors (Lipinski definition) is 3. The van der Waals surface area contributed by atoms with E-state index in [4.69, 9.17) is 4.74 Å². The third-order valence-corrected chi connectivity index (χ3v) is 3.23. The Labute approximate surface area is 127 Å². The molecule has 1 aromatic heterocycles. The van der Waals surface area contributed by atoms with Gasteiger partial charge in [0.1, 0.15) is 0 Å². The normalized spacial score (nSPS) is 12.2. The highest BCUT2D eigenvalue weighted by Gasteiger charge is 2.09. The predicted molar refractivity (Wildman–Crippen MR) is 87.8 cm³/mol. The molecular weight excluding hydrogens is 260 g/mol. The molecule has 3 heteroatoms. The Morgan fingerprint density at radius 2 is 1.81 bits per heavy atom. The van der Waals surface area contributed by atoms with Crippen molar-refractivity contribution in [1.82, 2.24) is 4.98 Å². The van der Waals surface area contributed by atoms with E-state index in [1.54, 1.807) is 6.20 Å². The zero-order valence-electron chi connectivity index (χ0n) is 13.0. The van der Waals surface area contributed by atoms with Crippen LogP contribution < -0.4 is 10.1 Å². The molecule has 1 heterocycles. The smallest absolute Gasteiger partial charge is 0.168 e. The van der Waals surface area contributed by atoms with Crippen molar-refractivity contribution in [2.45, 2.75) is 45.8 Å². The summed E-state index contributed by atoms with van der Waals surface area (Å²) in [6.07, 6.45) is 4.05. The highest BCUT2D eigenvalue weighted by Crippen LogP contribution is 2.23. The van der Waals surface area contributed by atoms with Crippen LogP contribution in [-0.2, 0) is 6.42 Å². The van der Waals surface area contributed by atoms with Crippen molar-refractivity contribution in [1.29, 1.82) is 0 Å². The maximum Gasteiger partial charge on any atom is 0.168 e. The lowest BCUT2D eigenvalue weighted by Gasteiger charge is -2.18. The molecule has 21 heavy (non-hydrogen) atoms. The second-order valence-corrected chi connectivity index (χ2v) is 5.59. The third-order valence-electron chi connectivity index (χ3n) is 3.23. The van der Waals surface area contributed by atoms with Crippen LogP contribution in [0.15, 0.2) is 48.7 Å². The molecule has 0 aliphatic heterocycles. The fourth-order valence-electron chi connectivity index (χ4n) is 2.18. The van der Waals surface area contributed by atoms with Crippen LogP contribution in [0.3, 0.4) is 0 Å². The standard InChI is InChI=1S/C18H24N2O/c1-14(2)21-17-10-7-13-19-18(17)20-15(3)11-12-16-8-5-4-6-9-16/h4-10,13-15H,11-12H2,1-3H3,(H,19,20). The van der Waals surface area contributed by atoms with Gasteiger partial charge in [-0.3, -0.25) is 0 Å². The highest BCUT2D eigenvalue weighted by atomic mass is 16.5. The fraction of sp³-hybridized carbons (Fsp3) is 0.389. The van der Waals surface area contributed by atoms with Crippen LogP contribution in [0.4, 0.5) is 5.82 Å². The summed E-state index contributed by atoms with van der Waals surface area (Å²) in [6.45, 7) is 6.22. The van der Waals surface area contributed by atoms with E-state index < -0.39 is 0 Å². The number of aryl methyl sites for hydroxylation is 1. The molecule has 0 fully saturated rings. The Morgan fingerprint density at radius 1 is 1.05 bits per heavy atom. The maximum absolute atomic E-state index is 5.78. The van der Waals surface area contributed by atoms with Crippen molar-refractivity contribution in [2.75, 3.05) is 5.32 Å². The molecule has 1 unspecified atom stereocenters. The predicted octanol–water partition coefficient (Wildman–Crippen LogP) is 4.30. The van der Waals surface area contributed by atoms with E-state index >= 15 is 0 Å². The van der Waals surface area contributed by atoms with Gasteiger partial charge in [-0.25, -0.2) is 4.98 Å². The van der Waals surface area contributed by atoms with E-state index in [0.717, 1.165) is 24.4 Å². The SMILES string of the molecule is CC(CCc1ccccc1)Nc1ncccc1OC(C)C. The summed E-state index contributed by atoms with van der Waals surface area (Å²) < 4.78 is 5.78. The molecule has 0 aliphatic carbocycles. The number of ether oxygens (including phenoxy) is 1. The number of anilines is 1. The molecule has 0 spiro atoms. The molecule has 1 aromatic carbocycles. The van der Waals surface area contributed by atoms with Crippen molar-refractivity contribution < 1.29 is 4.74 Å². The molecule has 1 atom stereocenters. The van der Waals surface area contributed by atoms with Crippen LogP contribution in [0.2, 0.25) is 0 Å². The van der Waals surface area contributed by atoms with Gasteiger partial charge in [0.25, 0.3) is 0 Å². The number of pyridine rings is 1. The molecule has 2 rings (SSSR count). The van der Waals surface area contributed by atoms with E-state index in [2.05, 4.69) is 47.6 Å². The number of nitrogens with one attached hydrogen (secondary N) is 1. The molecule has 0 amide bonds. The fourth-order valence-corrected chi connectivity index (χ4v) is 2.18. The zero-order valence-corrected chi connectivity index (χ0v) is 13.0. The molecule has 0 saturated carbocycles. The molecule has 0 bridgehead atoms. The Balaban J connectivity index is 1.92. The Morgan fingerprint density at radius 3 is 2.52 bits per heavy atom. The van der Waals surface area contributed by atoms with E-state index in [0.29, 0.717) is 6.04 Å². The van der Waals surface area contributed by atoms with Crippen molar-refractivity contribution in [3.8, 4) is 5.75 Å². The number of aromatic nitrogens is 1. The first-order valence-corrected chi connectivity index (χ1v) is 7.57. The van der Waals surface area contributed by atoms with Crippen molar-refractivity contribution in [3.63, 3.8) is 0 Å². The van der Waals surface area contributed by atoms with E-state index in [1.807, 2.05) is 26.0 Å². The lowest BCUT2D eigenvalue weighted by molar-refractivity contribution is 0.242. The maximum atomic E-state index is 5.78. The van der Waals surface area contributed by atoms with Crippen LogP contribution >= 0.6 is 0 Å². The molecule has 112 valence electrons. The lowest BCUT2D eigenvalue weighted by Crippen LogP contribution is -2.18. The first kappa shape index (κ1) is 15.4. The van der Waals surface area contributed by atoms with Gasteiger partial charge in [0.15, 0.2) is 11.6 Å². The van der Waals surface area contributed by atoms with Gasteiger partial charge in [0.05, 0.1) is 6.10 Å². The third kappa shape index (κ3) is 5.10. The molecule has 3 nitrogen and oxygen atoms in total. The zero-order chi connectivity index (χ0) is 15.1. The van der Waals surface area contributed by atoms with Crippen LogP contribution in [-0.4, -0.2) is 17.1 Å². The molecule has 0 radical (unpaired) electrons.